The smallest absolute Gasteiger partial charge is 0.271 e. The zero-order chi connectivity index (χ0) is 18.0. The predicted octanol–water partition coefficient (Wildman–Crippen LogP) is 3.74. The molecular weight excluding hydrogens is 324 g/mol. The van der Waals surface area contributed by atoms with Crippen LogP contribution in [0.15, 0.2) is 54.6 Å². The molecule has 136 valence electrons. The Morgan fingerprint density at radius 3 is 2.54 bits per heavy atom. The van der Waals surface area contributed by atoms with E-state index in [4.69, 9.17) is 4.74 Å². The highest BCUT2D eigenvalue weighted by Crippen LogP contribution is 2.35. The number of rotatable bonds is 4. The van der Waals surface area contributed by atoms with Crippen LogP contribution < -0.4 is 9.64 Å². The fourth-order valence-corrected chi connectivity index (χ4v) is 4.15. The first kappa shape index (κ1) is 17.1. The predicted molar refractivity (Wildman–Crippen MR) is 104 cm³/mol. The van der Waals surface area contributed by atoms with Crippen molar-refractivity contribution in [2.24, 2.45) is 0 Å². The van der Waals surface area contributed by atoms with Gasteiger partial charge in [-0.3, -0.25) is 0 Å². The summed E-state index contributed by atoms with van der Waals surface area (Å²) in [6.45, 7) is 4.12. The van der Waals surface area contributed by atoms with Crippen LogP contribution in [0, 0.1) is 0 Å². The van der Waals surface area contributed by atoms with Gasteiger partial charge in [-0.1, -0.05) is 30.3 Å². The van der Waals surface area contributed by atoms with Gasteiger partial charge in [0.05, 0.1) is 13.2 Å². The lowest BCUT2D eigenvalue weighted by Gasteiger charge is -2.23. The lowest BCUT2D eigenvalue weighted by molar-refractivity contribution is -0.658. The van der Waals surface area contributed by atoms with E-state index >= 15 is 0 Å². The van der Waals surface area contributed by atoms with Gasteiger partial charge in [-0.15, -0.1) is 0 Å². The van der Waals surface area contributed by atoms with Gasteiger partial charge in [-0.2, -0.15) is 0 Å². The van der Waals surface area contributed by atoms with Crippen molar-refractivity contribution in [3.63, 3.8) is 0 Å². The molecular formula is C22H27N2O2+. The number of nitrogens with zero attached hydrogens (tertiary/aromatic N) is 2. The van der Waals surface area contributed by atoms with Crippen LogP contribution in [0.2, 0.25) is 0 Å². The van der Waals surface area contributed by atoms with E-state index in [1.807, 2.05) is 49.4 Å². The molecule has 2 heterocycles. The van der Waals surface area contributed by atoms with Gasteiger partial charge in [0.15, 0.2) is 6.54 Å². The molecule has 0 saturated carbocycles. The van der Waals surface area contributed by atoms with E-state index < -0.39 is 5.72 Å². The van der Waals surface area contributed by atoms with Gasteiger partial charge in [0.25, 0.3) is 11.6 Å². The summed E-state index contributed by atoms with van der Waals surface area (Å²) >= 11 is 0. The Hall–Kier alpha value is -2.33. The Kier molecular flexibility index (Phi) is 4.68. The van der Waals surface area contributed by atoms with E-state index in [1.165, 1.54) is 18.7 Å². The molecule has 4 heteroatoms. The van der Waals surface area contributed by atoms with E-state index in [-0.39, 0.29) is 0 Å². The number of aliphatic hydroxyl groups is 1. The van der Waals surface area contributed by atoms with Crippen LogP contribution in [0.5, 0.6) is 5.75 Å². The Balaban J connectivity index is 1.73. The molecule has 0 aromatic heterocycles. The van der Waals surface area contributed by atoms with Crippen LogP contribution in [0.25, 0.3) is 0 Å². The summed E-state index contributed by atoms with van der Waals surface area (Å²) < 4.78 is 7.80. The van der Waals surface area contributed by atoms with Crippen molar-refractivity contribution in [1.29, 1.82) is 0 Å². The summed E-state index contributed by atoms with van der Waals surface area (Å²) in [5.41, 5.74) is 1.11. The molecule has 26 heavy (non-hydrogen) atoms. The van der Waals surface area contributed by atoms with Gasteiger partial charge in [-0.05, 0) is 50.5 Å². The number of hydrogen-bond acceptors (Lipinski definition) is 3. The second-order valence-corrected chi connectivity index (χ2v) is 7.07. The lowest BCUT2D eigenvalue weighted by atomic mass is 10.0. The van der Waals surface area contributed by atoms with Crippen LogP contribution in [0.3, 0.4) is 0 Å². The minimum absolute atomic E-state index is 0.556. The van der Waals surface area contributed by atoms with Crippen molar-refractivity contribution < 1.29 is 14.4 Å². The SMILES string of the molecule is CCOc1ccc(N2CC(O)(c3ccccc3)[N+]3=C2CCCCC3)cc1. The van der Waals surface area contributed by atoms with E-state index in [9.17, 15) is 5.11 Å². The van der Waals surface area contributed by atoms with Crippen LogP contribution in [0.1, 0.15) is 38.2 Å². The summed E-state index contributed by atoms with van der Waals surface area (Å²) in [6, 6.07) is 18.3. The third kappa shape index (κ3) is 2.99. The number of amidine groups is 1. The fraction of sp³-hybridized carbons (Fsp3) is 0.409. The topological polar surface area (TPSA) is 35.7 Å². The van der Waals surface area contributed by atoms with Crippen LogP contribution in [0.4, 0.5) is 5.69 Å². The minimum atomic E-state index is -0.973. The van der Waals surface area contributed by atoms with Gasteiger partial charge >= 0.3 is 0 Å². The zero-order valence-corrected chi connectivity index (χ0v) is 15.4. The average Bonchev–Trinajstić information content (AvgIpc) is 2.83. The highest BCUT2D eigenvalue weighted by molar-refractivity contribution is 5.96. The van der Waals surface area contributed by atoms with Crippen LogP contribution in [-0.4, -0.2) is 35.2 Å². The minimum Gasteiger partial charge on any atom is -0.494 e. The van der Waals surface area contributed by atoms with Crippen molar-refractivity contribution in [1.82, 2.24) is 0 Å². The molecule has 0 fully saturated rings. The molecule has 0 aliphatic carbocycles. The summed E-state index contributed by atoms with van der Waals surface area (Å²) in [6.07, 6.45) is 4.50. The van der Waals surface area contributed by atoms with Crippen molar-refractivity contribution in [3.05, 3.63) is 60.2 Å². The third-order valence-corrected chi connectivity index (χ3v) is 5.43. The van der Waals surface area contributed by atoms with Crippen molar-refractivity contribution in [2.75, 3.05) is 24.6 Å². The first-order chi connectivity index (χ1) is 12.7. The summed E-state index contributed by atoms with van der Waals surface area (Å²) in [7, 11) is 0. The van der Waals surface area contributed by atoms with Gasteiger partial charge < -0.3 is 9.84 Å². The van der Waals surface area contributed by atoms with E-state index in [2.05, 4.69) is 21.6 Å². The Bertz CT molecular complexity index is 786. The molecule has 4 rings (SSSR count). The monoisotopic (exact) mass is 351 g/mol. The maximum absolute atomic E-state index is 11.7. The molecule has 2 aliphatic heterocycles. The Labute approximate surface area is 155 Å². The van der Waals surface area contributed by atoms with E-state index in [0.717, 1.165) is 36.4 Å². The molecule has 1 N–H and O–H groups in total. The maximum Gasteiger partial charge on any atom is 0.271 e. The van der Waals surface area contributed by atoms with Crippen LogP contribution in [-0.2, 0) is 5.72 Å². The third-order valence-electron chi connectivity index (χ3n) is 5.43. The number of ether oxygens (including phenoxy) is 1. The average molecular weight is 351 g/mol. The standard InChI is InChI=1S/C22H27N2O2/c1-2-26-20-14-12-19(13-15-20)23-17-22(25,18-9-5-3-6-10-18)24-16-8-4-7-11-21(23)24/h3,5-6,9-10,12-15,25H,2,4,7-8,11,16-17H2,1H3/q+1. The van der Waals surface area contributed by atoms with Gasteiger partial charge in [0.2, 0.25) is 0 Å². The van der Waals surface area contributed by atoms with Crippen molar-refractivity contribution >= 4 is 11.5 Å². The Morgan fingerprint density at radius 1 is 1.04 bits per heavy atom. The van der Waals surface area contributed by atoms with Crippen molar-refractivity contribution in [2.45, 2.75) is 38.3 Å². The second kappa shape index (κ2) is 7.12. The largest absolute Gasteiger partial charge is 0.494 e. The molecule has 0 radical (unpaired) electrons. The normalized spacial score (nSPS) is 22.9. The number of benzene rings is 2. The molecule has 0 saturated heterocycles. The van der Waals surface area contributed by atoms with Gasteiger partial charge in [0, 0.05) is 12.0 Å². The molecule has 0 amide bonds. The Morgan fingerprint density at radius 2 is 1.81 bits per heavy atom. The molecule has 1 unspecified atom stereocenters. The maximum atomic E-state index is 11.7. The van der Waals surface area contributed by atoms with Crippen LogP contribution >= 0.6 is 0 Å². The molecule has 0 bridgehead atoms. The molecule has 2 aromatic carbocycles. The van der Waals surface area contributed by atoms with E-state index in [0.29, 0.717) is 13.2 Å². The van der Waals surface area contributed by atoms with E-state index in [1.54, 1.807) is 0 Å². The summed E-state index contributed by atoms with van der Waals surface area (Å²) in [5, 5.41) is 11.7. The van der Waals surface area contributed by atoms with Gasteiger partial charge in [-0.25, -0.2) is 9.48 Å². The quantitative estimate of drug-likeness (QED) is 0.853. The molecule has 2 aliphatic rings. The molecule has 0 spiro atoms. The highest BCUT2D eigenvalue weighted by Gasteiger charge is 2.51. The number of anilines is 1. The van der Waals surface area contributed by atoms with Crippen molar-refractivity contribution in [3.8, 4) is 5.75 Å². The fourth-order valence-electron chi connectivity index (χ4n) is 4.15. The molecule has 1 atom stereocenters. The second-order valence-electron chi connectivity index (χ2n) is 7.07. The first-order valence-electron chi connectivity index (χ1n) is 9.64. The summed E-state index contributed by atoms with van der Waals surface area (Å²) in [4.78, 5) is 2.29. The van der Waals surface area contributed by atoms with Gasteiger partial charge in [0.1, 0.15) is 11.4 Å². The number of hydrogen-bond donors (Lipinski definition) is 1. The summed E-state index contributed by atoms with van der Waals surface area (Å²) in [5.74, 6) is 2.12. The highest BCUT2D eigenvalue weighted by atomic mass is 16.5. The number of β-amino-alcohol motifs (C(OH)–C–C–N with tert-alkyl or cyclic N) is 1. The molecule has 4 nitrogen and oxygen atoms in total. The lowest BCUT2D eigenvalue weighted by Crippen LogP contribution is -2.40. The molecule has 2 aromatic rings. The first-order valence-corrected chi connectivity index (χ1v) is 9.64. The zero-order valence-electron chi connectivity index (χ0n) is 15.4.